The first-order valence-corrected chi connectivity index (χ1v) is 12.5. The molecule has 0 saturated carbocycles. The number of benzene rings is 2. The van der Waals surface area contributed by atoms with E-state index in [4.69, 9.17) is 9.15 Å². The van der Waals surface area contributed by atoms with E-state index in [0.29, 0.717) is 24.4 Å². The molecule has 1 aliphatic heterocycles. The van der Waals surface area contributed by atoms with Crippen molar-refractivity contribution in [2.75, 3.05) is 24.6 Å². The molecule has 8 heteroatoms. The molecule has 4 rings (SSSR count). The van der Waals surface area contributed by atoms with Gasteiger partial charge in [0.05, 0.1) is 24.6 Å². The van der Waals surface area contributed by atoms with E-state index in [0.717, 1.165) is 29.5 Å². The molecule has 2 atom stereocenters. The van der Waals surface area contributed by atoms with Gasteiger partial charge >= 0.3 is 0 Å². The smallest absolute Gasteiger partial charge is 0.287 e. The number of anilines is 1. The third kappa shape index (κ3) is 6.27. The molecule has 2 aromatic carbocycles. The molecule has 0 radical (unpaired) electrons. The summed E-state index contributed by atoms with van der Waals surface area (Å²) in [6.07, 6.45) is 3.20. The number of nitrogens with one attached hydrogen (secondary N) is 2. The Labute approximate surface area is 217 Å². The van der Waals surface area contributed by atoms with Crippen LogP contribution in [0.3, 0.4) is 0 Å². The van der Waals surface area contributed by atoms with Crippen LogP contribution in [0.5, 0.6) is 0 Å². The molecule has 2 unspecified atom stereocenters. The summed E-state index contributed by atoms with van der Waals surface area (Å²) in [7, 11) is 0. The van der Waals surface area contributed by atoms with Gasteiger partial charge in [-0.05, 0) is 62.4 Å². The van der Waals surface area contributed by atoms with Crippen molar-refractivity contribution in [2.24, 2.45) is 0 Å². The number of carbonyl (C=O) groups excluding carboxylic acids is 3. The fraction of sp³-hybridized carbons (Fsp3) is 0.345. The summed E-state index contributed by atoms with van der Waals surface area (Å²) in [5, 5.41) is 5.64. The van der Waals surface area contributed by atoms with E-state index in [-0.39, 0.29) is 24.3 Å². The van der Waals surface area contributed by atoms with E-state index in [9.17, 15) is 14.4 Å². The van der Waals surface area contributed by atoms with Crippen molar-refractivity contribution in [3.8, 4) is 0 Å². The summed E-state index contributed by atoms with van der Waals surface area (Å²) < 4.78 is 10.8. The molecule has 3 amide bonds. The number of hydrogen-bond donors (Lipinski definition) is 2. The zero-order valence-electron chi connectivity index (χ0n) is 21.5. The number of amides is 3. The fourth-order valence-electron chi connectivity index (χ4n) is 4.86. The molecule has 1 aliphatic rings. The second-order valence-electron chi connectivity index (χ2n) is 9.36. The average molecular weight is 504 g/mol. The van der Waals surface area contributed by atoms with Gasteiger partial charge < -0.3 is 19.8 Å². The lowest BCUT2D eigenvalue weighted by Gasteiger charge is -2.34. The summed E-state index contributed by atoms with van der Waals surface area (Å²) in [6, 6.07) is 15.3. The standard InChI is InChI=1S/C29H33N3O5/c1-19-15-20(2)26(21(3)16-19)32(25(33)18-31-28(34)24-12-8-14-37-24)27(22-9-5-4-6-10-22)29(35)30-17-23-11-7-13-36-23/h4-6,8-10,12,14-16,23,27H,7,11,13,17-18H2,1-3H3,(H,30,35)(H,31,34). The van der Waals surface area contributed by atoms with Crippen LogP contribution in [0.25, 0.3) is 0 Å². The van der Waals surface area contributed by atoms with Crippen LogP contribution < -0.4 is 15.5 Å². The quantitative estimate of drug-likeness (QED) is 0.460. The van der Waals surface area contributed by atoms with Crippen LogP contribution in [-0.2, 0) is 14.3 Å². The Kier molecular flexibility index (Phi) is 8.40. The Morgan fingerprint density at radius 3 is 2.35 bits per heavy atom. The van der Waals surface area contributed by atoms with E-state index >= 15 is 0 Å². The molecule has 2 N–H and O–H groups in total. The van der Waals surface area contributed by atoms with Gasteiger partial charge in [-0.3, -0.25) is 19.3 Å². The maximum absolute atomic E-state index is 13.9. The first-order chi connectivity index (χ1) is 17.8. The predicted molar refractivity (Wildman–Crippen MR) is 140 cm³/mol. The fourth-order valence-corrected chi connectivity index (χ4v) is 4.86. The molecular formula is C29H33N3O5. The van der Waals surface area contributed by atoms with E-state index in [2.05, 4.69) is 10.6 Å². The first-order valence-electron chi connectivity index (χ1n) is 12.5. The zero-order chi connectivity index (χ0) is 26.4. The van der Waals surface area contributed by atoms with E-state index in [1.807, 2.05) is 63.2 Å². The van der Waals surface area contributed by atoms with Crippen molar-refractivity contribution in [2.45, 2.75) is 45.8 Å². The monoisotopic (exact) mass is 503 g/mol. The van der Waals surface area contributed by atoms with E-state index in [1.54, 1.807) is 6.07 Å². The van der Waals surface area contributed by atoms with Gasteiger partial charge in [-0.25, -0.2) is 0 Å². The minimum absolute atomic E-state index is 0.0417. The topological polar surface area (TPSA) is 101 Å². The van der Waals surface area contributed by atoms with Crippen LogP contribution in [0.4, 0.5) is 5.69 Å². The molecule has 194 valence electrons. The van der Waals surface area contributed by atoms with Crippen molar-refractivity contribution < 1.29 is 23.5 Å². The molecule has 3 aromatic rings. The number of aryl methyl sites for hydroxylation is 3. The Morgan fingerprint density at radius 1 is 1.00 bits per heavy atom. The summed E-state index contributed by atoms with van der Waals surface area (Å²) in [6.45, 7) is 6.57. The molecule has 1 saturated heterocycles. The molecule has 0 bridgehead atoms. The molecule has 8 nitrogen and oxygen atoms in total. The summed E-state index contributed by atoms with van der Waals surface area (Å²) in [5.41, 5.74) is 4.07. The molecule has 2 heterocycles. The highest BCUT2D eigenvalue weighted by Gasteiger charge is 2.35. The van der Waals surface area contributed by atoms with Crippen molar-refractivity contribution in [3.05, 3.63) is 88.9 Å². The van der Waals surface area contributed by atoms with Crippen LogP contribution in [-0.4, -0.2) is 43.5 Å². The Balaban J connectivity index is 1.70. The van der Waals surface area contributed by atoms with Crippen LogP contribution in [0.1, 0.15) is 51.7 Å². The predicted octanol–water partition coefficient (Wildman–Crippen LogP) is 4.00. The largest absolute Gasteiger partial charge is 0.459 e. The lowest BCUT2D eigenvalue weighted by molar-refractivity contribution is -0.126. The van der Waals surface area contributed by atoms with Gasteiger partial charge in [-0.15, -0.1) is 0 Å². The van der Waals surface area contributed by atoms with Gasteiger partial charge in [-0.1, -0.05) is 48.0 Å². The molecule has 1 aromatic heterocycles. The SMILES string of the molecule is Cc1cc(C)c(N(C(=O)CNC(=O)c2ccco2)C(C(=O)NCC2CCCO2)c2ccccc2)c(C)c1. The van der Waals surface area contributed by atoms with Crippen LogP contribution in [0.2, 0.25) is 0 Å². The summed E-state index contributed by atoms with van der Waals surface area (Å²) >= 11 is 0. The second-order valence-corrected chi connectivity index (χ2v) is 9.36. The normalized spacial score (nSPS) is 15.7. The third-order valence-electron chi connectivity index (χ3n) is 6.44. The van der Waals surface area contributed by atoms with Crippen LogP contribution in [0.15, 0.2) is 65.3 Å². The van der Waals surface area contributed by atoms with Crippen LogP contribution >= 0.6 is 0 Å². The van der Waals surface area contributed by atoms with Crippen molar-refractivity contribution >= 4 is 23.4 Å². The Bertz CT molecular complexity index is 1210. The van der Waals surface area contributed by atoms with E-state index in [1.165, 1.54) is 17.2 Å². The highest BCUT2D eigenvalue weighted by molar-refractivity contribution is 6.05. The highest BCUT2D eigenvalue weighted by Crippen LogP contribution is 2.34. The second kappa shape index (κ2) is 11.9. The number of nitrogens with zero attached hydrogens (tertiary/aromatic N) is 1. The van der Waals surface area contributed by atoms with Crippen molar-refractivity contribution in [1.29, 1.82) is 0 Å². The van der Waals surface area contributed by atoms with Crippen molar-refractivity contribution in [1.82, 2.24) is 10.6 Å². The van der Waals surface area contributed by atoms with Crippen LogP contribution in [0, 0.1) is 20.8 Å². The first kappa shape index (κ1) is 26.2. The lowest BCUT2D eigenvalue weighted by Crippen LogP contribution is -2.49. The molecule has 1 fully saturated rings. The number of carbonyl (C=O) groups is 3. The van der Waals surface area contributed by atoms with Gasteiger partial charge in [0, 0.05) is 13.2 Å². The minimum Gasteiger partial charge on any atom is -0.459 e. The number of furan rings is 1. The van der Waals surface area contributed by atoms with Crippen molar-refractivity contribution in [3.63, 3.8) is 0 Å². The van der Waals surface area contributed by atoms with E-state index < -0.39 is 17.9 Å². The maximum Gasteiger partial charge on any atom is 0.287 e. The average Bonchev–Trinajstić information content (AvgIpc) is 3.60. The third-order valence-corrected chi connectivity index (χ3v) is 6.44. The maximum atomic E-state index is 13.9. The lowest BCUT2D eigenvalue weighted by atomic mass is 9.98. The van der Waals surface area contributed by atoms with Gasteiger partial charge in [-0.2, -0.15) is 0 Å². The summed E-state index contributed by atoms with van der Waals surface area (Å²) in [4.78, 5) is 41.6. The van der Waals surface area contributed by atoms with Gasteiger partial charge in [0.2, 0.25) is 11.8 Å². The Hall–Kier alpha value is -3.91. The number of rotatable bonds is 9. The molecule has 37 heavy (non-hydrogen) atoms. The Morgan fingerprint density at radius 2 is 1.73 bits per heavy atom. The molecule has 0 spiro atoms. The number of ether oxygens (including phenoxy) is 1. The van der Waals surface area contributed by atoms with Gasteiger partial charge in [0.15, 0.2) is 5.76 Å². The minimum atomic E-state index is -0.948. The molecular weight excluding hydrogens is 470 g/mol. The van der Waals surface area contributed by atoms with Gasteiger partial charge in [0.1, 0.15) is 6.04 Å². The summed E-state index contributed by atoms with van der Waals surface area (Å²) in [5.74, 6) is -1.13. The zero-order valence-corrected chi connectivity index (χ0v) is 21.5. The highest BCUT2D eigenvalue weighted by atomic mass is 16.5. The van der Waals surface area contributed by atoms with Gasteiger partial charge in [0.25, 0.3) is 5.91 Å². The molecule has 0 aliphatic carbocycles. The number of hydrogen-bond acceptors (Lipinski definition) is 5.